The zero-order valence-corrected chi connectivity index (χ0v) is 14.2. The molecule has 0 rings (SSSR count). The lowest BCUT2D eigenvalue weighted by Crippen LogP contribution is -2.56. The van der Waals surface area contributed by atoms with E-state index in [1.165, 1.54) is 0 Å². The molecule has 0 aliphatic carbocycles. The van der Waals surface area contributed by atoms with Crippen molar-refractivity contribution in [2.45, 2.75) is 68.4 Å². The van der Waals surface area contributed by atoms with E-state index in [0.717, 1.165) is 0 Å². The normalized spacial score (nSPS) is 13.8. The molecule has 0 fully saturated rings. The summed E-state index contributed by atoms with van der Waals surface area (Å²) < 4.78 is 11.2. The largest absolute Gasteiger partial charge is 0.462 e. The highest BCUT2D eigenvalue weighted by Gasteiger charge is 2.57. The molecule has 0 heterocycles. The van der Waals surface area contributed by atoms with Crippen LogP contribution in [0.15, 0.2) is 0 Å². The number of rotatable bonds is 5. The lowest BCUT2D eigenvalue weighted by molar-refractivity contribution is -0.189. The number of hydrogen-bond acceptors (Lipinski definition) is 3. The maximum atomic E-state index is 12.8. The molecule has 0 aliphatic heterocycles. The van der Waals surface area contributed by atoms with E-state index >= 15 is 0 Å². The summed E-state index contributed by atoms with van der Waals surface area (Å²) in [6.45, 7) is 19.2. The van der Waals surface area contributed by atoms with Crippen LogP contribution in [0, 0.1) is 16.2 Å². The van der Waals surface area contributed by atoms with Crippen molar-refractivity contribution in [3.05, 3.63) is 0 Å². The molecule has 0 N–H and O–H groups in total. The molecule has 0 aliphatic rings. The van der Waals surface area contributed by atoms with Gasteiger partial charge < -0.3 is 9.47 Å². The van der Waals surface area contributed by atoms with E-state index in [-0.39, 0.29) is 22.9 Å². The van der Waals surface area contributed by atoms with Crippen molar-refractivity contribution < 1.29 is 14.3 Å². The summed E-state index contributed by atoms with van der Waals surface area (Å²) in [5.74, 6) is -0.157. The van der Waals surface area contributed by atoms with Crippen LogP contribution in [0.2, 0.25) is 0 Å². The quantitative estimate of drug-likeness (QED) is 0.708. The monoisotopic (exact) mass is 272 g/mol. The number of carbonyl (C=O) groups excluding carboxylic acids is 1. The molecule has 0 bridgehead atoms. The van der Waals surface area contributed by atoms with Crippen LogP contribution < -0.4 is 0 Å². The average Bonchev–Trinajstić information content (AvgIpc) is 2.12. The predicted octanol–water partition coefficient (Wildman–Crippen LogP) is 4.05. The van der Waals surface area contributed by atoms with Gasteiger partial charge in [0.1, 0.15) is 5.41 Å². The number of hydrogen-bond donors (Lipinski definition) is 0. The van der Waals surface area contributed by atoms with Gasteiger partial charge in [-0.2, -0.15) is 0 Å². The first kappa shape index (κ1) is 18.4. The summed E-state index contributed by atoms with van der Waals surface area (Å²) in [6, 6.07) is 0. The summed E-state index contributed by atoms with van der Waals surface area (Å²) in [4.78, 5) is 12.8. The Morgan fingerprint density at radius 3 is 1.68 bits per heavy atom. The van der Waals surface area contributed by atoms with Crippen LogP contribution in [-0.2, 0) is 14.3 Å². The summed E-state index contributed by atoms with van der Waals surface area (Å²) in [7, 11) is 0. The Morgan fingerprint density at radius 1 is 1.00 bits per heavy atom. The van der Waals surface area contributed by atoms with Gasteiger partial charge in [0, 0.05) is 6.61 Å². The summed E-state index contributed by atoms with van der Waals surface area (Å²) in [5, 5.41) is 0. The summed E-state index contributed by atoms with van der Waals surface area (Å²) >= 11 is 0. The first-order chi connectivity index (χ1) is 8.40. The van der Waals surface area contributed by atoms with Crippen molar-refractivity contribution in [1.29, 1.82) is 0 Å². The molecule has 0 radical (unpaired) electrons. The highest BCUT2D eigenvalue weighted by molar-refractivity contribution is 5.79. The van der Waals surface area contributed by atoms with Crippen molar-refractivity contribution in [2.24, 2.45) is 16.2 Å². The molecule has 19 heavy (non-hydrogen) atoms. The fraction of sp³-hybridized carbons (Fsp3) is 0.938. The highest BCUT2D eigenvalue weighted by atomic mass is 16.5. The summed E-state index contributed by atoms with van der Waals surface area (Å²) in [6.07, 6.45) is -0.113. The molecule has 114 valence electrons. The molecule has 3 heteroatoms. The molecular formula is C16H32O3. The second-order valence-electron chi connectivity index (χ2n) is 7.50. The molecule has 0 aromatic heterocycles. The Morgan fingerprint density at radius 2 is 1.42 bits per heavy atom. The van der Waals surface area contributed by atoms with Crippen LogP contribution in [0.4, 0.5) is 0 Å². The Labute approximate surface area is 119 Å². The second kappa shape index (κ2) is 6.25. The van der Waals surface area contributed by atoms with E-state index in [1.54, 1.807) is 0 Å². The van der Waals surface area contributed by atoms with Gasteiger partial charge >= 0.3 is 5.97 Å². The van der Waals surface area contributed by atoms with Crippen molar-refractivity contribution >= 4 is 5.97 Å². The maximum absolute atomic E-state index is 12.8. The van der Waals surface area contributed by atoms with Crippen molar-refractivity contribution in [3.8, 4) is 0 Å². The van der Waals surface area contributed by atoms with Gasteiger partial charge in [0.15, 0.2) is 0 Å². The molecular weight excluding hydrogens is 240 g/mol. The minimum Gasteiger partial charge on any atom is -0.462 e. The molecule has 0 unspecified atom stereocenters. The van der Waals surface area contributed by atoms with Crippen LogP contribution in [-0.4, -0.2) is 25.3 Å². The maximum Gasteiger partial charge on any atom is 0.315 e. The van der Waals surface area contributed by atoms with Crippen LogP contribution in [0.25, 0.3) is 0 Å². The van der Waals surface area contributed by atoms with Gasteiger partial charge in [-0.3, -0.25) is 4.79 Å². The van der Waals surface area contributed by atoms with Crippen LogP contribution >= 0.6 is 0 Å². The zero-order valence-electron chi connectivity index (χ0n) is 14.2. The topological polar surface area (TPSA) is 35.5 Å². The Balaban J connectivity index is 5.70. The first-order valence-electron chi connectivity index (χ1n) is 7.19. The lowest BCUT2D eigenvalue weighted by Gasteiger charge is -2.51. The highest BCUT2D eigenvalue weighted by Crippen LogP contribution is 2.52. The zero-order chi connectivity index (χ0) is 15.5. The Bertz CT molecular complexity index is 278. The van der Waals surface area contributed by atoms with E-state index in [4.69, 9.17) is 9.47 Å². The van der Waals surface area contributed by atoms with E-state index in [0.29, 0.717) is 13.2 Å². The van der Waals surface area contributed by atoms with Gasteiger partial charge in [0.05, 0.1) is 12.7 Å². The minimum atomic E-state index is -0.666. The number of carbonyl (C=O) groups is 1. The Hall–Kier alpha value is -0.570. The van der Waals surface area contributed by atoms with Crippen LogP contribution in [0.5, 0.6) is 0 Å². The van der Waals surface area contributed by atoms with E-state index in [2.05, 4.69) is 41.5 Å². The number of ether oxygens (including phenoxy) is 2. The molecule has 0 aromatic rings. The first-order valence-corrected chi connectivity index (χ1v) is 7.19. The third-order valence-corrected chi connectivity index (χ3v) is 3.77. The van der Waals surface area contributed by atoms with Crippen LogP contribution in [0.3, 0.4) is 0 Å². The standard InChI is InChI=1S/C16H32O3/c1-10-18-11-16(14(4,5)6,15(7,8)9)13(17)19-12(2)3/h12H,10-11H2,1-9H3. The average molecular weight is 272 g/mol. The third kappa shape index (κ3) is 3.95. The smallest absolute Gasteiger partial charge is 0.315 e. The van der Waals surface area contributed by atoms with Crippen molar-refractivity contribution in [3.63, 3.8) is 0 Å². The number of esters is 1. The van der Waals surface area contributed by atoms with Gasteiger partial charge in [0.2, 0.25) is 0 Å². The summed E-state index contributed by atoms with van der Waals surface area (Å²) in [5.41, 5.74) is -1.15. The van der Waals surface area contributed by atoms with Gasteiger partial charge in [-0.15, -0.1) is 0 Å². The second-order valence-corrected chi connectivity index (χ2v) is 7.50. The SMILES string of the molecule is CCOCC(C(=O)OC(C)C)(C(C)(C)C)C(C)(C)C. The van der Waals surface area contributed by atoms with Gasteiger partial charge in [-0.25, -0.2) is 0 Å². The van der Waals surface area contributed by atoms with E-state index < -0.39 is 5.41 Å². The lowest BCUT2D eigenvalue weighted by atomic mass is 9.54. The predicted molar refractivity (Wildman–Crippen MR) is 79.1 cm³/mol. The third-order valence-electron chi connectivity index (χ3n) is 3.77. The molecule has 0 amide bonds. The minimum absolute atomic E-state index is 0.113. The van der Waals surface area contributed by atoms with Crippen molar-refractivity contribution in [2.75, 3.05) is 13.2 Å². The van der Waals surface area contributed by atoms with Crippen molar-refractivity contribution in [1.82, 2.24) is 0 Å². The molecule has 0 aromatic carbocycles. The van der Waals surface area contributed by atoms with E-state index in [1.807, 2.05) is 20.8 Å². The Kier molecular flexibility index (Phi) is 6.07. The van der Waals surface area contributed by atoms with Gasteiger partial charge in [-0.1, -0.05) is 41.5 Å². The molecule has 0 saturated carbocycles. The molecule has 0 atom stereocenters. The molecule has 3 nitrogen and oxygen atoms in total. The fourth-order valence-electron chi connectivity index (χ4n) is 2.80. The van der Waals surface area contributed by atoms with Crippen LogP contribution in [0.1, 0.15) is 62.3 Å². The fourth-order valence-corrected chi connectivity index (χ4v) is 2.80. The van der Waals surface area contributed by atoms with E-state index in [9.17, 15) is 4.79 Å². The molecule has 0 saturated heterocycles. The van der Waals surface area contributed by atoms with Gasteiger partial charge in [0.25, 0.3) is 0 Å². The van der Waals surface area contributed by atoms with Gasteiger partial charge in [-0.05, 0) is 31.6 Å². The molecule has 0 spiro atoms.